The predicted octanol–water partition coefficient (Wildman–Crippen LogP) is 0.555. The summed E-state index contributed by atoms with van der Waals surface area (Å²) in [4.78, 5) is 49.4. The number of esters is 2. The van der Waals surface area contributed by atoms with Gasteiger partial charge >= 0.3 is 11.9 Å². The Hall–Kier alpha value is -2.94. The van der Waals surface area contributed by atoms with Crippen molar-refractivity contribution < 1.29 is 28.7 Å². The molecule has 0 aromatic heterocycles. The van der Waals surface area contributed by atoms with Gasteiger partial charge in [0, 0.05) is 18.8 Å². The number of ether oxygens (including phenoxy) is 2. The lowest BCUT2D eigenvalue weighted by Gasteiger charge is -2.33. The van der Waals surface area contributed by atoms with Gasteiger partial charge in [0.1, 0.15) is 6.04 Å². The molecule has 1 aromatic carbocycles. The highest BCUT2D eigenvalue weighted by molar-refractivity contribution is 5.95. The molecule has 9 nitrogen and oxygen atoms in total. The highest BCUT2D eigenvalue weighted by Gasteiger charge is 2.33. The second kappa shape index (κ2) is 10.4. The summed E-state index contributed by atoms with van der Waals surface area (Å²) in [5, 5.41) is 5.40. The van der Waals surface area contributed by atoms with E-state index in [9.17, 15) is 19.2 Å². The van der Waals surface area contributed by atoms with E-state index >= 15 is 0 Å². The number of methoxy groups -OCH3 is 1. The van der Waals surface area contributed by atoms with Crippen molar-refractivity contribution in [3.63, 3.8) is 0 Å². The summed E-state index contributed by atoms with van der Waals surface area (Å²) in [7, 11) is 1.25. The molecule has 0 saturated carbocycles. The topological polar surface area (TPSA) is 114 Å². The van der Waals surface area contributed by atoms with E-state index in [1.807, 2.05) is 6.92 Å². The minimum Gasteiger partial charge on any atom is -0.469 e. The van der Waals surface area contributed by atoms with E-state index in [1.165, 1.54) is 7.11 Å². The third kappa shape index (κ3) is 6.05. The van der Waals surface area contributed by atoms with Crippen molar-refractivity contribution in [1.29, 1.82) is 0 Å². The van der Waals surface area contributed by atoms with Crippen LogP contribution < -0.4 is 10.6 Å². The van der Waals surface area contributed by atoms with Crippen LogP contribution in [0.3, 0.4) is 0 Å². The average molecular weight is 391 g/mol. The standard InChI is InChI=1S/C19H25N3O6/c1-3-10-28-19(26)13-4-6-14(7-5-13)21-16(23)12-22-9-8-20-18(25)15(22)11-17(24)27-2/h4-7,15H,3,8-12H2,1-2H3,(H,20,25)(H,21,23)/t15-/m1/s1. The maximum Gasteiger partial charge on any atom is 0.338 e. The zero-order valence-corrected chi connectivity index (χ0v) is 16.0. The molecule has 152 valence electrons. The quantitative estimate of drug-likeness (QED) is 0.622. The Morgan fingerprint density at radius 2 is 1.96 bits per heavy atom. The van der Waals surface area contributed by atoms with Crippen molar-refractivity contribution in [2.24, 2.45) is 0 Å². The second-order valence-corrected chi connectivity index (χ2v) is 6.32. The zero-order chi connectivity index (χ0) is 20.5. The Balaban J connectivity index is 1.93. The highest BCUT2D eigenvalue weighted by Crippen LogP contribution is 2.13. The molecule has 1 fully saturated rings. The van der Waals surface area contributed by atoms with E-state index in [2.05, 4.69) is 15.4 Å². The van der Waals surface area contributed by atoms with Crippen LogP contribution in [0, 0.1) is 0 Å². The number of carbonyl (C=O) groups is 4. The van der Waals surface area contributed by atoms with Crippen LogP contribution in [0.25, 0.3) is 0 Å². The molecule has 2 amide bonds. The third-order valence-electron chi connectivity index (χ3n) is 4.22. The number of hydrogen-bond acceptors (Lipinski definition) is 7. The van der Waals surface area contributed by atoms with Crippen molar-refractivity contribution in [1.82, 2.24) is 10.2 Å². The summed E-state index contributed by atoms with van der Waals surface area (Å²) in [5.74, 6) is -1.56. The van der Waals surface area contributed by atoms with Gasteiger partial charge in [-0.1, -0.05) is 6.92 Å². The fourth-order valence-corrected chi connectivity index (χ4v) is 2.77. The van der Waals surface area contributed by atoms with Gasteiger partial charge in [-0.25, -0.2) is 4.79 Å². The van der Waals surface area contributed by atoms with Gasteiger partial charge in [-0.05, 0) is 30.7 Å². The van der Waals surface area contributed by atoms with Crippen LogP contribution in [0.4, 0.5) is 5.69 Å². The Morgan fingerprint density at radius 1 is 1.25 bits per heavy atom. The number of carbonyl (C=O) groups excluding carboxylic acids is 4. The highest BCUT2D eigenvalue weighted by atomic mass is 16.5. The summed E-state index contributed by atoms with van der Waals surface area (Å²) in [6.07, 6.45) is 0.621. The normalized spacial score (nSPS) is 16.8. The molecular weight excluding hydrogens is 366 g/mol. The van der Waals surface area contributed by atoms with Crippen LogP contribution in [-0.4, -0.2) is 68.0 Å². The summed E-state index contributed by atoms with van der Waals surface area (Å²) in [5.41, 5.74) is 0.917. The first-order valence-electron chi connectivity index (χ1n) is 9.10. The molecule has 1 aromatic rings. The van der Waals surface area contributed by atoms with E-state index in [-0.39, 0.29) is 24.8 Å². The van der Waals surface area contributed by atoms with E-state index < -0.39 is 18.0 Å². The van der Waals surface area contributed by atoms with Gasteiger partial charge in [-0.15, -0.1) is 0 Å². The minimum atomic E-state index is -0.748. The zero-order valence-electron chi connectivity index (χ0n) is 16.0. The molecule has 0 spiro atoms. The average Bonchev–Trinajstić information content (AvgIpc) is 2.69. The number of anilines is 1. The van der Waals surface area contributed by atoms with Crippen molar-refractivity contribution in [2.45, 2.75) is 25.8 Å². The summed E-state index contributed by atoms with van der Waals surface area (Å²) < 4.78 is 9.67. The van der Waals surface area contributed by atoms with Gasteiger partial charge in [0.05, 0.1) is 32.2 Å². The number of hydrogen-bond donors (Lipinski definition) is 2. The van der Waals surface area contributed by atoms with Gasteiger partial charge in [0.25, 0.3) is 0 Å². The largest absolute Gasteiger partial charge is 0.469 e. The molecular formula is C19H25N3O6. The summed E-state index contributed by atoms with van der Waals surface area (Å²) in [6, 6.07) is 5.61. The van der Waals surface area contributed by atoms with Gasteiger partial charge in [0.2, 0.25) is 11.8 Å². The van der Waals surface area contributed by atoms with Crippen molar-refractivity contribution in [3.05, 3.63) is 29.8 Å². The third-order valence-corrected chi connectivity index (χ3v) is 4.22. The van der Waals surface area contributed by atoms with Gasteiger partial charge in [0.15, 0.2) is 0 Å². The first-order valence-corrected chi connectivity index (χ1v) is 9.10. The maximum atomic E-state index is 12.4. The Morgan fingerprint density at radius 3 is 2.61 bits per heavy atom. The molecule has 1 aliphatic heterocycles. The predicted molar refractivity (Wildman–Crippen MR) is 101 cm³/mol. The second-order valence-electron chi connectivity index (χ2n) is 6.32. The van der Waals surface area contributed by atoms with Crippen LogP contribution in [0.5, 0.6) is 0 Å². The smallest absolute Gasteiger partial charge is 0.338 e. The SMILES string of the molecule is CCCOC(=O)c1ccc(NC(=O)CN2CCNC(=O)[C@H]2CC(=O)OC)cc1. The molecule has 1 heterocycles. The lowest BCUT2D eigenvalue weighted by Crippen LogP contribution is -2.57. The fraction of sp³-hybridized carbons (Fsp3) is 0.474. The number of nitrogens with zero attached hydrogens (tertiary/aromatic N) is 1. The molecule has 2 rings (SSSR count). The minimum absolute atomic E-state index is 0.0463. The number of benzene rings is 1. The first-order chi connectivity index (χ1) is 13.4. The number of amides is 2. The van der Waals surface area contributed by atoms with Crippen LogP contribution >= 0.6 is 0 Å². The van der Waals surface area contributed by atoms with Crippen LogP contribution in [0.2, 0.25) is 0 Å². The first kappa shape index (κ1) is 21.4. The van der Waals surface area contributed by atoms with Crippen molar-refractivity contribution in [2.75, 3.05) is 38.7 Å². The van der Waals surface area contributed by atoms with E-state index in [0.29, 0.717) is 30.9 Å². The molecule has 1 atom stereocenters. The molecule has 0 aliphatic carbocycles. The molecule has 0 unspecified atom stereocenters. The number of nitrogens with one attached hydrogen (secondary N) is 2. The van der Waals surface area contributed by atoms with Crippen LogP contribution in [0.1, 0.15) is 30.1 Å². The Labute approximate surface area is 163 Å². The van der Waals surface area contributed by atoms with E-state index in [0.717, 1.165) is 6.42 Å². The fourth-order valence-electron chi connectivity index (χ4n) is 2.77. The number of rotatable bonds is 8. The molecule has 2 N–H and O–H groups in total. The van der Waals surface area contributed by atoms with E-state index in [4.69, 9.17) is 4.74 Å². The van der Waals surface area contributed by atoms with E-state index in [1.54, 1.807) is 29.2 Å². The molecule has 28 heavy (non-hydrogen) atoms. The summed E-state index contributed by atoms with van der Waals surface area (Å²) >= 11 is 0. The molecule has 1 aliphatic rings. The summed E-state index contributed by atoms with van der Waals surface area (Å²) in [6.45, 7) is 3.07. The van der Waals surface area contributed by atoms with Crippen molar-refractivity contribution in [3.8, 4) is 0 Å². The van der Waals surface area contributed by atoms with Gasteiger partial charge in [-0.3, -0.25) is 19.3 Å². The Kier molecular flexibility index (Phi) is 7.94. The number of piperazine rings is 1. The molecule has 0 bridgehead atoms. The Bertz CT molecular complexity index is 719. The van der Waals surface area contributed by atoms with Crippen LogP contribution in [-0.2, 0) is 23.9 Å². The van der Waals surface area contributed by atoms with Gasteiger partial charge in [-0.2, -0.15) is 0 Å². The maximum absolute atomic E-state index is 12.4. The molecule has 1 saturated heterocycles. The lowest BCUT2D eigenvalue weighted by molar-refractivity contribution is -0.146. The molecule has 0 radical (unpaired) electrons. The van der Waals surface area contributed by atoms with Crippen molar-refractivity contribution >= 4 is 29.4 Å². The lowest BCUT2D eigenvalue weighted by atomic mass is 10.1. The monoisotopic (exact) mass is 391 g/mol. The van der Waals surface area contributed by atoms with Crippen LogP contribution in [0.15, 0.2) is 24.3 Å². The molecule has 9 heteroatoms. The van der Waals surface area contributed by atoms with Gasteiger partial charge < -0.3 is 20.1 Å².